The number of pyridine rings is 1. The second-order valence-corrected chi connectivity index (χ2v) is 3.97. The molecule has 1 heterocycles. The van der Waals surface area contributed by atoms with Gasteiger partial charge < -0.3 is 10.4 Å². The number of carboxylic acids is 1. The lowest BCUT2D eigenvalue weighted by molar-refractivity contribution is -0.142. The van der Waals surface area contributed by atoms with Gasteiger partial charge in [0.1, 0.15) is 11.5 Å². The first-order valence-electron chi connectivity index (χ1n) is 5.25. The maximum absolute atomic E-state index is 12.4. The lowest BCUT2D eigenvalue weighted by Crippen LogP contribution is -2.30. The maximum Gasteiger partial charge on any atom is 0.433 e. The van der Waals surface area contributed by atoms with Crippen molar-refractivity contribution in [3.8, 4) is 0 Å². The molecule has 0 radical (unpaired) electrons. The standard InChI is InChI=1S/C11H13F3N2O2/c1-6(10(17)18)7(2)15-9-5-3-4-8(16-9)11(12,13)14/h3-7H,1-2H3,(H,15,16)(H,17,18). The SMILES string of the molecule is CC(Nc1cccc(C(F)(F)F)n1)C(C)C(=O)O. The van der Waals surface area contributed by atoms with Crippen LogP contribution in [-0.4, -0.2) is 22.1 Å². The van der Waals surface area contributed by atoms with Gasteiger partial charge >= 0.3 is 12.1 Å². The smallest absolute Gasteiger partial charge is 0.433 e. The number of carbonyl (C=O) groups is 1. The van der Waals surface area contributed by atoms with E-state index >= 15 is 0 Å². The minimum Gasteiger partial charge on any atom is -0.481 e. The summed E-state index contributed by atoms with van der Waals surface area (Å²) < 4.78 is 37.2. The summed E-state index contributed by atoms with van der Waals surface area (Å²) in [4.78, 5) is 14.1. The molecule has 2 N–H and O–H groups in total. The van der Waals surface area contributed by atoms with Gasteiger partial charge in [-0.1, -0.05) is 6.07 Å². The Morgan fingerprint density at radius 3 is 2.50 bits per heavy atom. The fourth-order valence-corrected chi connectivity index (χ4v) is 1.25. The van der Waals surface area contributed by atoms with Crippen LogP contribution in [0.1, 0.15) is 19.5 Å². The number of halogens is 3. The van der Waals surface area contributed by atoms with Crippen molar-refractivity contribution in [1.29, 1.82) is 0 Å². The van der Waals surface area contributed by atoms with Crippen molar-refractivity contribution in [1.82, 2.24) is 4.98 Å². The molecule has 4 nitrogen and oxygen atoms in total. The number of rotatable bonds is 4. The summed E-state index contributed by atoms with van der Waals surface area (Å²) in [6.45, 7) is 3.04. The van der Waals surface area contributed by atoms with Gasteiger partial charge in [-0.2, -0.15) is 13.2 Å². The summed E-state index contributed by atoms with van der Waals surface area (Å²) >= 11 is 0. The monoisotopic (exact) mass is 262 g/mol. The van der Waals surface area contributed by atoms with Crippen LogP contribution in [0.3, 0.4) is 0 Å². The normalized spacial score (nSPS) is 14.9. The average Bonchev–Trinajstić information content (AvgIpc) is 2.27. The number of aliphatic carboxylic acids is 1. The molecular weight excluding hydrogens is 249 g/mol. The summed E-state index contributed by atoms with van der Waals surface area (Å²) in [5.74, 6) is -1.76. The first-order chi connectivity index (χ1) is 8.21. The molecule has 0 aromatic carbocycles. The topological polar surface area (TPSA) is 62.2 Å². The number of carboxylic acid groups (broad SMARTS) is 1. The number of aromatic nitrogens is 1. The number of alkyl halides is 3. The lowest BCUT2D eigenvalue weighted by Gasteiger charge is -2.18. The molecule has 100 valence electrons. The summed E-state index contributed by atoms with van der Waals surface area (Å²) in [6.07, 6.45) is -4.51. The van der Waals surface area contributed by atoms with Crippen LogP contribution in [0.2, 0.25) is 0 Å². The van der Waals surface area contributed by atoms with Crippen molar-refractivity contribution in [2.45, 2.75) is 26.1 Å². The van der Waals surface area contributed by atoms with Crippen LogP contribution in [0.5, 0.6) is 0 Å². The molecule has 0 aliphatic heterocycles. The molecule has 7 heteroatoms. The second kappa shape index (κ2) is 5.24. The third-order valence-electron chi connectivity index (χ3n) is 2.55. The fraction of sp³-hybridized carbons (Fsp3) is 0.455. The van der Waals surface area contributed by atoms with E-state index in [0.717, 1.165) is 6.07 Å². The van der Waals surface area contributed by atoms with Crippen LogP contribution in [0.15, 0.2) is 18.2 Å². The zero-order valence-electron chi connectivity index (χ0n) is 9.82. The predicted octanol–water partition coefficient (Wildman–Crippen LogP) is 2.62. The fourth-order valence-electron chi connectivity index (χ4n) is 1.25. The average molecular weight is 262 g/mol. The number of nitrogens with zero attached hydrogens (tertiary/aromatic N) is 1. The molecule has 1 aromatic heterocycles. The van der Waals surface area contributed by atoms with Gasteiger partial charge in [-0.05, 0) is 26.0 Å². The van der Waals surface area contributed by atoms with E-state index in [0.29, 0.717) is 0 Å². The zero-order valence-corrected chi connectivity index (χ0v) is 9.82. The molecule has 0 fully saturated rings. The maximum atomic E-state index is 12.4. The van der Waals surface area contributed by atoms with E-state index in [1.807, 2.05) is 0 Å². The summed E-state index contributed by atoms with van der Waals surface area (Å²) in [6, 6.07) is 2.91. The van der Waals surface area contributed by atoms with Crippen LogP contribution in [0.25, 0.3) is 0 Å². The van der Waals surface area contributed by atoms with Crippen LogP contribution in [-0.2, 0) is 11.0 Å². The number of nitrogens with one attached hydrogen (secondary N) is 1. The molecule has 2 unspecified atom stereocenters. The molecule has 18 heavy (non-hydrogen) atoms. The quantitative estimate of drug-likeness (QED) is 0.875. The highest BCUT2D eigenvalue weighted by Gasteiger charge is 2.32. The van der Waals surface area contributed by atoms with Crippen molar-refractivity contribution >= 4 is 11.8 Å². The van der Waals surface area contributed by atoms with Gasteiger partial charge in [0.05, 0.1) is 5.92 Å². The Labute approximate surface area is 102 Å². The Kier molecular flexibility index (Phi) is 4.15. The first kappa shape index (κ1) is 14.3. The predicted molar refractivity (Wildman–Crippen MR) is 59.1 cm³/mol. The van der Waals surface area contributed by atoms with Gasteiger partial charge in [0.2, 0.25) is 0 Å². The molecule has 2 atom stereocenters. The Bertz CT molecular complexity index is 435. The first-order valence-corrected chi connectivity index (χ1v) is 5.25. The van der Waals surface area contributed by atoms with E-state index in [1.54, 1.807) is 6.92 Å². The Hall–Kier alpha value is -1.79. The molecule has 0 aliphatic rings. The molecular formula is C11H13F3N2O2. The van der Waals surface area contributed by atoms with Gasteiger partial charge in [-0.3, -0.25) is 4.79 Å². The largest absolute Gasteiger partial charge is 0.481 e. The van der Waals surface area contributed by atoms with Gasteiger partial charge in [-0.15, -0.1) is 0 Å². The third kappa shape index (κ3) is 3.61. The van der Waals surface area contributed by atoms with Crippen molar-refractivity contribution < 1.29 is 23.1 Å². The minimum atomic E-state index is -4.51. The second-order valence-electron chi connectivity index (χ2n) is 3.97. The summed E-state index contributed by atoms with van der Waals surface area (Å²) in [5, 5.41) is 11.4. The van der Waals surface area contributed by atoms with Crippen molar-refractivity contribution in [2.75, 3.05) is 5.32 Å². The van der Waals surface area contributed by atoms with E-state index < -0.39 is 29.8 Å². The number of hydrogen-bond acceptors (Lipinski definition) is 3. The van der Waals surface area contributed by atoms with E-state index in [9.17, 15) is 18.0 Å². The van der Waals surface area contributed by atoms with E-state index in [4.69, 9.17) is 5.11 Å². The third-order valence-corrected chi connectivity index (χ3v) is 2.55. The van der Waals surface area contributed by atoms with Crippen LogP contribution < -0.4 is 5.32 Å². The van der Waals surface area contributed by atoms with Gasteiger partial charge in [-0.25, -0.2) is 4.98 Å². The minimum absolute atomic E-state index is 0.00502. The highest BCUT2D eigenvalue weighted by atomic mass is 19.4. The van der Waals surface area contributed by atoms with Gasteiger partial charge in [0.25, 0.3) is 0 Å². The Balaban J connectivity index is 2.83. The van der Waals surface area contributed by atoms with Crippen molar-refractivity contribution in [3.63, 3.8) is 0 Å². The highest BCUT2D eigenvalue weighted by Crippen LogP contribution is 2.28. The van der Waals surface area contributed by atoms with Crippen LogP contribution in [0, 0.1) is 5.92 Å². The van der Waals surface area contributed by atoms with E-state index in [1.165, 1.54) is 19.1 Å². The van der Waals surface area contributed by atoms with E-state index in [-0.39, 0.29) is 5.82 Å². The summed E-state index contributed by atoms with van der Waals surface area (Å²) in [5.41, 5.74) is -1.01. The molecule has 0 saturated heterocycles. The molecule has 0 saturated carbocycles. The van der Waals surface area contributed by atoms with Gasteiger partial charge in [0.15, 0.2) is 0 Å². The van der Waals surface area contributed by atoms with E-state index in [2.05, 4.69) is 10.3 Å². The zero-order chi connectivity index (χ0) is 13.9. The van der Waals surface area contributed by atoms with Crippen LogP contribution >= 0.6 is 0 Å². The molecule has 1 aromatic rings. The molecule has 0 amide bonds. The van der Waals surface area contributed by atoms with Crippen molar-refractivity contribution in [3.05, 3.63) is 23.9 Å². The number of anilines is 1. The lowest BCUT2D eigenvalue weighted by atomic mass is 10.0. The molecule has 0 aliphatic carbocycles. The summed E-state index contributed by atoms with van der Waals surface area (Å²) in [7, 11) is 0. The van der Waals surface area contributed by atoms with Crippen LogP contribution in [0.4, 0.5) is 19.0 Å². The van der Waals surface area contributed by atoms with Gasteiger partial charge in [0, 0.05) is 6.04 Å². The molecule has 0 spiro atoms. The highest BCUT2D eigenvalue weighted by molar-refractivity contribution is 5.71. The Morgan fingerprint density at radius 2 is 2.00 bits per heavy atom. The number of hydrogen-bond donors (Lipinski definition) is 2. The Morgan fingerprint density at radius 1 is 1.39 bits per heavy atom. The molecule has 0 bridgehead atoms. The molecule has 1 rings (SSSR count). The van der Waals surface area contributed by atoms with Crippen molar-refractivity contribution in [2.24, 2.45) is 5.92 Å².